The number of hydrogen-bond acceptors (Lipinski definition) is 7. The van der Waals surface area contributed by atoms with Crippen LogP contribution in [-0.4, -0.2) is 44.3 Å². The number of rotatable bonds is 5. The van der Waals surface area contributed by atoms with Gasteiger partial charge in [-0.3, -0.25) is 14.8 Å². The topological polar surface area (TPSA) is 107 Å². The maximum absolute atomic E-state index is 12.5. The molecule has 0 fully saturated rings. The number of anilines is 2. The van der Waals surface area contributed by atoms with Gasteiger partial charge in [0.2, 0.25) is 0 Å². The molecule has 0 spiro atoms. The van der Waals surface area contributed by atoms with Crippen LogP contribution >= 0.6 is 0 Å². The Labute approximate surface area is 156 Å². The molecule has 3 aromatic rings. The number of amides is 1. The number of aryl methyl sites for hydroxylation is 1. The molecule has 0 unspecified atom stereocenters. The van der Waals surface area contributed by atoms with Crippen LogP contribution < -0.4 is 15.4 Å². The van der Waals surface area contributed by atoms with E-state index in [1.165, 1.54) is 30.4 Å². The van der Waals surface area contributed by atoms with Crippen molar-refractivity contribution in [2.24, 2.45) is 7.05 Å². The first-order valence-corrected chi connectivity index (χ1v) is 7.79. The molecule has 2 heterocycles. The van der Waals surface area contributed by atoms with E-state index in [1.54, 1.807) is 25.2 Å². The summed E-state index contributed by atoms with van der Waals surface area (Å²) in [5, 5.41) is 14.9. The van der Waals surface area contributed by atoms with Crippen LogP contribution in [0.25, 0.3) is 11.4 Å². The van der Waals surface area contributed by atoms with Crippen LogP contribution in [0.1, 0.15) is 10.5 Å². The standard InChI is InChI=1S/C16H14F3N7O2/c1-26-8-20-14(25-26)9-4-3-5-11(13(9)28-2)22-10-6-7-21-24-12(10)15(27)23-16(17,18)19/h3-8H,1-2H3,(H,21,22)(H,23,27). The molecular weight excluding hydrogens is 379 g/mol. The number of carbonyl (C=O) groups is 1. The number of alkyl halides is 3. The maximum atomic E-state index is 12.5. The van der Waals surface area contributed by atoms with E-state index in [0.717, 1.165) is 5.32 Å². The largest absolute Gasteiger partial charge is 0.494 e. The van der Waals surface area contributed by atoms with Crippen molar-refractivity contribution >= 4 is 17.3 Å². The Bertz CT molecular complexity index is 1000. The summed E-state index contributed by atoms with van der Waals surface area (Å²) in [5.74, 6) is -0.705. The average Bonchev–Trinajstić information content (AvgIpc) is 3.06. The summed E-state index contributed by atoms with van der Waals surface area (Å²) in [5.41, 5.74) is 0.419. The predicted octanol–water partition coefficient (Wildman–Crippen LogP) is 2.27. The van der Waals surface area contributed by atoms with Gasteiger partial charge in [0.1, 0.15) is 6.33 Å². The fourth-order valence-corrected chi connectivity index (χ4v) is 2.43. The van der Waals surface area contributed by atoms with Crippen molar-refractivity contribution in [3.8, 4) is 17.1 Å². The maximum Gasteiger partial charge on any atom is 0.484 e. The SMILES string of the molecule is COc1c(Nc2ccnnc2C(=O)NC(F)(F)F)cccc1-c1ncn(C)n1. The zero-order valence-corrected chi connectivity index (χ0v) is 14.7. The Hall–Kier alpha value is -3.70. The Morgan fingerprint density at radius 2 is 2.00 bits per heavy atom. The molecule has 0 aliphatic carbocycles. The van der Waals surface area contributed by atoms with Gasteiger partial charge < -0.3 is 10.1 Å². The highest BCUT2D eigenvalue weighted by molar-refractivity contribution is 5.98. The lowest BCUT2D eigenvalue weighted by atomic mass is 10.1. The van der Waals surface area contributed by atoms with Gasteiger partial charge in [-0.2, -0.15) is 23.4 Å². The molecule has 0 saturated carbocycles. The molecule has 1 amide bonds. The highest BCUT2D eigenvalue weighted by Gasteiger charge is 2.32. The summed E-state index contributed by atoms with van der Waals surface area (Å²) in [6, 6.07) is 6.35. The molecule has 2 N–H and O–H groups in total. The molecule has 0 aliphatic rings. The van der Waals surface area contributed by atoms with Crippen LogP contribution in [0.5, 0.6) is 5.75 Å². The first-order chi connectivity index (χ1) is 13.3. The molecule has 0 aliphatic heterocycles. The Morgan fingerprint density at radius 1 is 1.21 bits per heavy atom. The van der Waals surface area contributed by atoms with Gasteiger partial charge in [-0.05, 0) is 18.2 Å². The molecule has 28 heavy (non-hydrogen) atoms. The van der Waals surface area contributed by atoms with Crippen molar-refractivity contribution in [3.63, 3.8) is 0 Å². The quantitative estimate of drug-likeness (QED) is 0.641. The van der Waals surface area contributed by atoms with Crippen molar-refractivity contribution in [2.75, 3.05) is 12.4 Å². The monoisotopic (exact) mass is 393 g/mol. The van der Waals surface area contributed by atoms with Crippen molar-refractivity contribution in [2.45, 2.75) is 6.30 Å². The van der Waals surface area contributed by atoms with E-state index in [-0.39, 0.29) is 5.69 Å². The van der Waals surface area contributed by atoms with Crippen LogP contribution in [-0.2, 0) is 7.05 Å². The number of carbonyl (C=O) groups excluding carboxylic acids is 1. The van der Waals surface area contributed by atoms with Gasteiger partial charge in [-0.15, -0.1) is 5.10 Å². The number of ether oxygens (including phenoxy) is 1. The van der Waals surface area contributed by atoms with E-state index >= 15 is 0 Å². The number of benzene rings is 1. The zero-order valence-electron chi connectivity index (χ0n) is 14.7. The molecule has 0 saturated heterocycles. The molecule has 3 rings (SSSR count). The van der Waals surface area contributed by atoms with Gasteiger partial charge in [0.05, 0.1) is 30.2 Å². The lowest BCUT2D eigenvalue weighted by molar-refractivity contribution is -0.146. The molecule has 0 atom stereocenters. The van der Waals surface area contributed by atoms with Crippen LogP contribution in [0.4, 0.5) is 24.5 Å². The minimum atomic E-state index is -4.89. The van der Waals surface area contributed by atoms with Gasteiger partial charge in [-0.25, -0.2) is 4.98 Å². The molecule has 146 valence electrons. The third kappa shape index (κ3) is 4.16. The normalized spacial score (nSPS) is 11.2. The highest BCUT2D eigenvalue weighted by Crippen LogP contribution is 2.36. The van der Waals surface area contributed by atoms with E-state index in [2.05, 4.69) is 25.6 Å². The number of methoxy groups -OCH3 is 1. The van der Waals surface area contributed by atoms with E-state index in [9.17, 15) is 18.0 Å². The summed E-state index contributed by atoms with van der Waals surface area (Å²) < 4.78 is 44.4. The Morgan fingerprint density at radius 3 is 2.64 bits per heavy atom. The first kappa shape index (κ1) is 19.1. The second-order valence-corrected chi connectivity index (χ2v) is 5.50. The van der Waals surface area contributed by atoms with Crippen molar-refractivity contribution < 1.29 is 22.7 Å². The molecule has 0 radical (unpaired) electrons. The summed E-state index contributed by atoms with van der Waals surface area (Å²) in [6.07, 6.45) is -2.14. The lowest BCUT2D eigenvalue weighted by Crippen LogP contribution is -2.38. The minimum Gasteiger partial charge on any atom is -0.494 e. The number of hydrogen-bond donors (Lipinski definition) is 2. The number of aromatic nitrogens is 5. The van der Waals surface area contributed by atoms with Crippen molar-refractivity contribution in [3.05, 3.63) is 42.5 Å². The second kappa shape index (κ2) is 7.50. The Balaban J connectivity index is 1.98. The highest BCUT2D eigenvalue weighted by atomic mass is 19.4. The van der Waals surface area contributed by atoms with E-state index in [0.29, 0.717) is 22.8 Å². The van der Waals surface area contributed by atoms with Crippen LogP contribution in [0.3, 0.4) is 0 Å². The molecule has 2 aromatic heterocycles. The Kier molecular flexibility index (Phi) is 5.11. The summed E-state index contributed by atoms with van der Waals surface area (Å²) >= 11 is 0. The number of nitrogens with zero attached hydrogens (tertiary/aromatic N) is 5. The number of para-hydroxylation sites is 1. The molecule has 9 nitrogen and oxygen atoms in total. The molecule has 0 bridgehead atoms. The van der Waals surface area contributed by atoms with Gasteiger partial charge in [-0.1, -0.05) is 6.07 Å². The van der Waals surface area contributed by atoms with Crippen LogP contribution in [0.2, 0.25) is 0 Å². The number of nitrogens with one attached hydrogen (secondary N) is 2. The third-order valence-electron chi connectivity index (χ3n) is 3.52. The van der Waals surface area contributed by atoms with Gasteiger partial charge in [0.15, 0.2) is 17.3 Å². The number of halogens is 3. The zero-order chi connectivity index (χ0) is 20.3. The van der Waals surface area contributed by atoms with Gasteiger partial charge in [0, 0.05) is 7.05 Å². The fraction of sp³-hybridized carbons (Fsp3) is 0.188. The van der Waals surface area contributed by atoms with E-state index in [1.807, 2.05) is 0 Å². The summed E-state index contributed by atoms with van der Waals surface area (Å²) in [6.45, 7) is 0. The van der Waals surface area contributed by atoms with E-state index < -0.39 is 17.9 Å². The van der Waals surface area contributed by atoms with Crippen molar-refractivity contribution in [1.82, 2.24) is 30.3 Å². The third-order valence-corrected chi connectivity index (χ3v) is 3.52. The van der Waals surface area contributed by atoms with Gasteiger partial charge in [0.25, 0.3) is 5.91 Å². The van der Waals surface area contributed by atoms with Crippen molar-refractivity contribution in [1.29, 1.82) is 0 Å². The summed E-state index contributed by atoms with van der Waals surface area (Å²) in [4.78, 5) is 16.1. The predicted molar refractivity (Wildman–Crippen MR) is 91.8 cm³/mol. The van der Waals surface area contributed by atoms with Crippen LogP contribution in [0, 0.1) is 0 Å². The molecular formula is C16H14F3N7O2. The van der Waals surface area contributed by atoms with Gasteiger partial charge >= 0.3 is 6.30 Å². The van der Waals surface area contributed by atoms with E-state index in [4.69, 9.17) is 4.74 Å². The second-order valence-electron chi connectivity index (χ2n) is 5.50. The summed E-state index contributed by atoms with van der Waals surface area (Å²) in [7, 11) is 3.13. The molecule has 12 heteroatoms. The minimum absolute atomic E-state index is 0.0150. The fourth-order valence-electron chi connectivity index (χ4n) is 2.43. The average molecular weight is 393 g/mol. The first-order valence-electron chi connectivity index (χ1n) is 7.79. The lowest BCUT2D eigenvalue weighted by Gasteiger charge is -2.15. The smallest absolute Gasteiger partial charge is 0.484 e. The molecule has 1 aromatic carbocycles. The van der Waals surface area contributed by atoms with Crippen LogP contribution in [0.15, 0.2) is 36.8 Å².